The van der Waals surface area contributed by atoms with E-state index in [1.165, 1.54) is 16.4 Å². The molecule has 2 aliphatic rings. The Morgan fingerprint density at radius 2 is 2.06 bits per heavy atom. The van der Waals surface area contributed by atoms with Gasteiger partial charge in [0, 0.05) is 24.5 Å². The molecule has 1 atom stereocenters. The summed E-state index contributed by atoms with van der Waals surface area (Å²) < 4.78 is 40.1. The highest BCUT2D eigenvalue weighted by Crippen LogP contribution is 2.36. The number of terminal acetylenes is 1. The van der Waals surface area contributed by atoms with Crippen molar-refractivity contribution in [1.82, 2.24) is 4.98 Å². The lowest BCUT2D eigenvalue weighted by atomic mass is 9.99. The van der Waals surface area contributed by atoms with Gasteiger partial charge in [-0.2, -0.15) is 0 Å². The molecule has 176 valence electrons. The maximum atomic E-state index is 13.7. The third-order valence-corrected chi connectivity index (χ3v) is 8.18. The summed E-state index contributed by atoms with van der Waals surface area (Å²) in [5.41, 5.74) is 2.79. The van der Waals surface area contributed by atoms with Gasteiger partial charge in [-0.3, -0.25) is 4.98 Å². The van der Waals surface area contributed by atoms with E-state index in [1.54, 1.807) is 12.3 Å². The molecule has 0 bridgehead atoms. The highest BCUT2D eigenvalue weighted by Gasteiger charge is 2.36. The first-order valence-electron chi connectivity index (χ1n) is 11.4. The maximum Gasteiger partial charge on any atom is 0.265 e. The van der Waals surface area contributed by atoms with Gasteiger partial charge in [0.15, 0.2) is 0 Å². The lowest BCUT2D eigenvalue weighted by Crippen LogP contribution is -2.43. The Morgan fingerprint density at radius 3 is 2.76 bits per heavy atom. The summed E-state index contributed by atoms with van der Waals surface area (Å²) in [6.45, 7) is 3.63. The predicted molar refractivity (Wildman–Crippen MR) is 126 cm³/mol. The van der Waals surface area contributed by atoms with E-state index in [-0.39, 0.29) is 11.5 Å². The topological polar surface area (TPSA) is 89.0 Å². The van der Waals surface area contributed by atoms with Crippen LogP contribution in [-0.2, 0) is 34.2 Å². The molecule has 1 aromatic heterocycles. The van der Waals surface area contributed by atoms with E-state index in [2.05, 4.69) is 10.9 Å². The first-order valence-corrected chi connectivity index (χ1v) is 12.8. The number of hydrogen-bond donors (Lipinski definition) is 1. The van der Waals surface area contributed by atoms with Crippen molar-refractivity contribution < 1.29 is 23.0 Å². The van der Waals surface area contributed by atoms with Gasteiger partial charge in [0.05, 0.1) is 30.0 Å². The summed E-state index contributed by atoms with van der Waals surface area (Å²) in [5.74, 6) is 3.51. The number of aryl methyl sites for hydroxylation is 2. The maximum absolute atomic E-state index is 13.7. The molecule has 1 N–H and O–H groups in total. The molecule has 4 rings (SSSR count). The minimum Gasteiger partial charge on any atom is -0.493 e. The molecule has 33 heavy (non-hydrogen) atoms. The SMILES string of the molecule is C#C[C@H]1CCc2cc(CC)ncc2N1S(=O)(=O)c1ccc(OCC2CCOCC2)c(CO)c1. The van der Waals surface area contributed by atoms with E-state index < -0.39 is 16.1 Å². The zero-order chi connectivity index (χ0) is 23.4. The number of aliphatic hydroxyl groups is 1. The second-order valence-electron chi connectivity index (χ2n) is 8.47. The van der Waals surface area contributed by atoms with Crippen molar-refractivity contribution in [1.29, 1.82) is 0 Å². The number of pyridine rings is 1. The van der Waals surface area contributed by atoms with Gasteiger partial charge >= 0.3 is 0 Å². The number of sulfonamides is 1. The fourth-order valence-corrected chi connectivity index (χ4v) is 6.05. The molecule has 0 amide bonds. The Morgan fingerprint density at radius 1 is 1.27 bits per heavy atom. The summed E-state index contributed by atoms with van der Waals surface area (Å²) in [4.78, 5) is 4.48. The summed E-state index contributed by atoms with van der Waals surface area (Å²) in [6, 6.07) is 5.97. The third-order valence-electron chi connectivity index (χ3n) is 6.36. The molecule has 2 aromatic rings. The zero-order valence-corrected chi connectivity index (χ0v) is 19.7. The van der Waals surface area contributed by atoms with Gasteiger partial charge in [-0.15, -0.1) is 6.42 Å². The highest BCUT2D eigenvalue weighted by molar-refractivity contribution is 7.92. The van der Waals surface area contributed by atoms with Crippen molar-refractivity contribution in [2.45, 2.75) is 56.6 Å². The van der Waals surface area contributed by atoms with E-state index in [0.29, 0.717) is 42.4 Å². The number of hydrogen-bond acceptors (Lipinski definition) is 6. The molecule has 1 aromatic carbocycles. The molecule has 0 aliphatic carbocycles. The fraction of sp³-hybridized carbons (Fsp3) is 0.480. The molecule has 0 unspecified atom stereocenters. The van der Waals surface area contributed by atoms with Crippen molar-refractivity contribution in [2.75, 3.05) is 24.1 Å². The van der Waals surface area contributed by atoms with Crippen LogP contribution in [0.5, 0.6) is 5.75 Å². The van der Waals surface area contributed by atoms with Gasteiger partial charge in [0.25, 0.3) is 10.0 Å². The quantitative estimate of drug-likeness (QED) is 0.626. The van der Waals surface area contributed by atoms with Crippen LogP contribution in [-0.4, -0.2) is 44.4 Å². The van der Waals surface area contributed by atoms with Gasteiger partial charge < -0.3 is 14.6 Å². The van der Waals surface area contributed by atoms with E-state index in [9.17, 15) is 13.5 Å². The lowest BCUT2D eigenvalue weighted by Gasteiger charge is -2.35. The second-order valence-corrected chi connectivity index (χ2v) is 10.3. The summed E-state index contributed by atoms with van der Waals surface area (Å²) in [5, 5.41) is 9.92. The number of fused-ring (bicyclic) bond motifs is 1. The number of anilines is 1. The molecule has 8 heteroatoms. The fourth-order valence-electron chi connectivity index (χ4n) is 4.37. The Kier molecular flexibility index (Phi) is 7.23. The second kappa shape index (κ2) is 10.1. The molecular weight excluding hydrogens is 440 g/mol. The van der Waals surface area contributed by atoms with Crippen LogP contribution in [0, 0.1) is 18.3 Å². The summed E-state index contributed by atoms with van der Waals surface area (Å²) in [7, 11) is -3.97. The zero-order valence-electron chi connectivity index (χ0n) is 18.9. The number of aliphatic hydroxyl groups excluding tert-OH is 1. The minimum absolute atomic E-state index is 0.0673. The standard InChI is InChI=1S/C25H30N2O5S/c1-3-21-13-19-5-6-22(4-2)27(24(19)15-26-21)33(29,30)23-7-8-25(20(14-23)16-28)32-17-18-9-11-31-12-10-18/h2,7-8,13-15,18,22,28H,3,5-6,9-12,16-17H2,1H3/t22-/m0/s1. The van der Waals surface area contributed by atoms with Crippen LogP contribution in [0.2, 0.25) is 0 Å². The Balaban J connectivity index is 1.64. The monoisotopic (exact) mass is 470 g/mol. The number of benzene rings is 1. The number of nitrogens with zero attached hydrogens (tertiary/aromatic N) is 2. The number of ether oxygens (including phenoxy) is 2. The first-order chi connectivity index (χ1) is 16.0. The Hall–Kier alpha value is -2.60. The van der Waals surface area contributed by atoms with Crippen molar-refractivity contribution in [3.8, 4) is 18.1 Å². The molecule has 0 radical (unpaired) electrons. The van der Waals surface area contributed by atoms with Gasteiger partial charge in [-0.05, 0) is 67.9 Å². The first kappa shape index (κ1) is 23.6. The summed E-state index contributed by atoms with van der Waals surface area (Å²) >= 11 is 0. The molecule has 7 nitrogen and oxygen atoms in total. The number of rotatable bonds is 7. The van der Waals surface area contributed by atoms with E-state index >= 15 is 0 Å². The molecule has 1 fully saturated rings. The molecular formula is C25H30N2O5S. The van der Waals surface area contributed by atoms with Crippen LogP contribution in [0.15, 0.2) is 35.4 Å². The predicted octanol–water partition coefficient (Wildman–Crippen LogP) is 3.09. The van der Waals surface area contributed by atoms with E-state index in [4.69, 9.17) is 15.9 Å². The smallest absolute Gasteiger partial charge is 0.265 e. The lowest BCUT2D eigenvalue weighted by molar-refractivity contribution is 0.0494. The number of aromatic nitrogens is 1. The van der Waals surface area contributed by atoms with Crippen LogP contribution in [0.3, 0.4) is 0 Å². The van der Waals surface area contributed by atoms with Crippen molar-refractivity contribution in [3.05, 3.63) is 47.3 Å². The van der Waals surface area contributed by atoms with Gasteiger partial charge in [-0.1, -0.05) is 12.8 Å². The van der Waals surface area contributed by atoms with Crippen LogP contribution in [0.4, 0.5) is 5.69 Å². The van der Waals surface area contributed by atoms with Crippen molar-refractivity contribution in [3.63, 3.8) is 0 Å². The van der Waals surface area contributed by atoms with E-state index in [1.807, 2.05) is 13.0 Å². The van der Waals surface area contributed by atoms with Crippen molar-refractivity contribution >= 4 is 15.7 Å². The van der Waals surface area contributed by atoms with E-state index in [0.717, 1.165) is 43.7 Å². The summed E-state index contributed by atoms with van der Waals surface area (Å²) in [6.07, 6.45) is 11.2. The van der Waals surface area contributed by atoms with Gasteiger partial charge in [-0.25, -0.2) is 12.7 Å². The molecule has 0 saturated carbocycles. The Bertz CT molecular complexity index is 1140. The normalized spacial score (nSPS) is 19.1. The largest absolute Gasteiger partial charge is 0.493 e. The third kappa shape index (κ3) is 4.86. The van der Waals surface area contributed by atoms with Crippen LogP contribution in [0.1, 0.15) is 43.0 Å². The van der Waals surface area contributed by atoms with Crippen LogP contribution in [0.25, 0.3) is 0 Å². The van der Waals surface area contributed by atoms with Gasteiger partial charge in [0.1, 0.15) is 11.8 Å². The average Bonchev–Trinajstić information content (AvgIpc) is 2.86. The minimum atomic E-state index is -3.97. The molecule has 1 saturated heterocycles. The highest BCUT2D eigenvalue weighted by atomic mass is 32.2. The van der Waals surface area contributed by atoms with Crippen molar-refractivity contribution in [2.24, 2.45) is 5.92 Å². The Labute approximate surface area is 195 Å². The van der Waals surface area contributed by atoms with Crippen LogP contribution < -0.4 is 9.04 Å². The van der Waals surface area contributed by atoms with Gasteiger partial charge in [0.2, 0.25) is 0 Å². The van der Waals surface area contributed by atoms with Crippen LogP contribution >= 0.6 is 0 Å². The molecule has 0 spiro atoms. The average molecular weight is 471 g/mol. The molecule has 3 heterocycles. The molecule has 2 aliphatic heterocycles.